The number of pyridine rings is 2. The van der Waals surface area contributed by atoms with E-state index in [-0.39, 0.29) is 12.2 Å². The maximum atomic E-state index is 14.5. The Bertz CT molecular complexity index is 1880. The summed E-state index contributed by atoms with van der Waals surface area (Å²) < 4.78 is 37.7. The Morgan fingerprint density at radius 1 is 0.919 bits per heavy atom. The minimum absolute atomic E-state index is 0.0423. The van der Waals surface area contributed by atoms with E-state index in [1.54, 1.807) is 18.6 Å². The number of fused-ring (bicyclic) bond motifs is 2. The largest absolute Gasteiger partial charge is 0.352 e. The Kier molecular flexibility index (Phi) is 5.57. The highest BCUT2D eigenvalue weighted by molar-refractivity contribution is 7.90. The molecule has 4 heterocycles. The molecule has 0 aliphatic heterocycles. The first-order valence-electron chi connectivity index (χ1n) is 11.7. The van der Waals surface area contributed by atoms with Crippen LogP contribution < -0.4 is 0 Å². The third kappa shape index (κ3) is 4.61. The van der Waals surface area contributed by atoms with Gasteiger partial charge in [-0.3, -0.25) is 15.1 Å². The van der Waals surface area contributed by atoms with Crippen LogP contribution in [0.1, 0.15) is 5.56 Å². The lowest BCUT2D eigenvalue weighted by Crippen LogP contribution is -2.06. The lowest BCUT2D eigenvalue weighted by Gasteiger charge is -2.07. The van der Waals surface area contributed by atoms with Crippen molar-refractivity contribution in [3.05, 3.63) is 90.6 Å². The molecular weight excluding hydrogens is 489 g/mol. The topological polar surface area (TPSA) is 104 Å². The summed E-state index contributed by atoms with van der Waals surface area (Å²) in [7, 11) is -3.16. The number of nitrogens with zero attached hydrogens (tertiary/aromatic N) is 3. The van der Waals surface area contributed by atoms with Gasteiger partial charge in [0.1, 0.15) is 21.3 Å². The van der Waals surface area contributed by atoms with E-state index in [9.17, 15) is 12.8 Å². The van der Waals surface area contributed by atoms with Gasteiger partial charge in [0.2, 0.25) is 0 Å². The molecule has 37 heavy (non-hydrogen) atoms. The number of aromatic nitrogens is 5. The molecule has 9 heteroatoms. The maximum Gasteiger partial charge on any atom is 0.147 e. The number of hydrogen-bond donors (Lipinski definition) is 2. The van der Waals surface area contributed by atoms with Gasteiger partial charge < -0.3 is 4.98 Å². The third-order valence-electron chi connectivity index (χ3n) is 6.35. The van der Waals surface area contributed by atoms with Crippen LogP contribution in [0.15, 0.2) is 79.3 Å². The van der Waals surface area contributed by atoms with E-state index in [2.05, 4.69) is 31.2 Å². The summed E-state index contributed by atoms with van der Waals surface area (Å²) in [6.07, 6.45) is 6.60. The summed E-state index contributed by atoms with van der Waals surface area (Å²) in [6, 6.07) is 18.5. The van der Waals surface area contributed by atoms with Crippen molar-refractivity contribution in [1.82, 2.24) is 25.1 Å². The number of halogens is 1. The van der Waals surface area contributed by atoms with E-state index in [0.717, 1.165) is 50.0 Å². The quantitative estimate of drug-likeness (QED) is 0.305. The molecular formula is C28H22FN5O2S. The van der Waals surface area contributed by atoms with Crippen LogP contribution in [0.3, 0.4) is 0 Å². The zero-order chi connectivity index (χ0) is 25.6. The van der Waals surface area contributed by atoms with E-state index >= 15 is 0 Å². The first kappa shape index (κ1) is 23.1. The summed E-state index contributed by atoms with van der Waals surface area (Å²) in [5.74, 6) is -0.464. The van der Waals surface area contributed by atoms with E-state index in [1.807, 2.05) is 42.5 Å². The molecule has 6 rings (SSSR count). The smallest absolute Gasteiger partial charge is 0.147 e. The summed E-state index contributed by atoms with van der Waals surface area (Å²) >= 11 is 0. The molecule has 0 bridgehead atoms. The van der Waals surface area contributed by atoms with Crippen molar-refractivity contribution in [3.8, 4) is 33.8 Å². The van der Waals surface area contributed by atoms with E-state index in [4.69, 9.17) is 0 Å². The number of aromatic amines is 2. The van der Waals surface area contributed by atoms with Gasteiger partial charge in [0.25, 0.3) is 0 Å². The van der Waals surface area contributed by atoms with Crippen LogP contribution in [0.25, 0.3) is 55.6 Å². The van der Waals surface area contributed by atoms with Gasteiger partial charge >= 0.3 is 0 Å². The predicted molar refractivity (Wildman–Crippen MR) is 143 cm³/mol. The number of aryl methyl sites for hydroxylation is 1. The number of nitrogens with one attached hydrogen (secondary N) is 2. The van der Waals surface area contributed by atoms with Gasteiger partial charge in [0, 0.05) is 40.5 Å². The van der Waals surface area contributed by atoms with Crippen molar-refractivity contribution in [3.63, 3.8) is 0 Å². The van der Waals surface area contributed by atoms with Crippen molar-refractivity contribution in [2.45, 2.75) is 6.42 Å². The van der Waals surface area contributed by atoms with Crippen molar-refractivity contribution in [2.24, 2.45) is 0 Å². The molecule has 0 spiro atoms. The number of sulfone groups is 1. The first-order chi connectivity index (χ1) is 17.8. The molecule has 2 N–H and O–H groups in total. The molecule has 7 nitrogen and oxygen atoms in total. The second-order valence-electron chi connectivity index (χ2n) is 9.11. The van der Waals surface area contributed by atoms with Crippen molar-refractivity contribution < 1.29 is 12.8 Å². The van der Waals surface area contributed by atoms with Crippen LogP contribution in [0.2, 0.25) is 0 Å². The molecule has 0 amide bonds. The lowest BCUT2D eigenvalue weighted by atomic mass is 10.0. The SMILES string of the molecule is CS(=O)(=O)CCc1cc(F)cc(-c2cncc3[nH]c(-c4n[nH]c5ccc(-c6ccccn6)cc45)cc23)c1. The summed E-state index contributed by atoms with van der Waals surface area (Å²) in [4.78, 5) is 12.2. The molecule has 0 saturated carbocycles. The van der Waals surface area contributed by atoms with E-state index < -0.39 is 15.7 Å². The minimum atomic E-state index is -3.16. The maximum absolute atomic E-state index is 14.5. The second kappa shape index (κ2) is 8.94. The van der Waals surface area contributed by atoms with Crippen LogP contribution in [0.5, 0.6) is 0 Å². The van der Waals surface area contributed by atoms with Crippen LogP contribution in [0.4, 0.5) is 4.39 Å². The van der Waals surface area contributed by atoms with Gasteiger partial charge in [-0.1, -0.05) is 18.2 Å². The monoisotopic (exact) mass is 511 g/mol. The highest BCUT2D eigenvalue weighted by Gasteiger charge is 2.16. The van der Waals surface area contributed by atoms with Gasteiger partial charge in [-0.05, 0) is 60.0 Å². The van der Waals surface area contributed by atoms with Gasteiger partial charge in [-0.25, -0.2) is 12.8 Å². The Labute approximate surface area is 212 Å². The molecule has 0 saturated heterocycles. The minimum Gasteiger partial charge on any atom is -0.352 e. The average molecular weight is 512 g/mol. The highest BCUT2D eigenvalue weighted by Crippen LogP contribution is 2.35. The lowest BCUT2D eigenvalue weighted by molar-refractivity contribution is 0.600. The molecule has 0 atom stereocenters. The average Bonchev–Trinajstić information content (AvgIpc) is 3.51. The normalized spacial score (nSPS) is 11.9. The molecule has 0 aliphatic carbocycles. The summed E-state index contributed by atoms with van der Waals surface area (Å²) in [5.41, 5.74) is 7.08. The molecule has 4 aromatic heterocycles. The Morgan fingerprint density at radius 3 is 2.62 bits per heavy atom. The fourth-order valence-electron chi connectivity index (χ4n) is 4.57. The summed E-state index contributed by atoms with van der Waals surface area (Å²) in [5, 5.41) is 9.46. The van der Waals surface area contributed by atoms with Crippen molar-refractivity contribution in [2.75, 3.05) is 12.0 Å². The van der Waals surface area contributed by atoms with Gasteiger partial charge in [-0.2, -0.15) is 5.10 Å². The molecule has 0 radical (unpaired) electrons. The standard InChI is InChI=1S/C28H22FN5O2S/c1-37(35,36)9-7-17-10-19(12-20(29)11-17)23-15-30-16-27-21(23)14-26(32-27)28-22-13-18(5-6-25(22)33-34-28)24-4-2-3-8-31-24/h2-6,8,10-16,32H,7,9H2,1H3,(H,33,34). The molecule has 0 fully saturated rings. The Balaban J connectivity index is 1.44. The third-order valence-corrected chi connectivity index (χ3v) is 7.30. The van der Waals surface area contributed by atoms with Crippen LogP contribution in [-0.2, 0) is 16.3 Å². The number of rotatable bonds is 6. The van der Waals surface area contributed by atoms with Gasteiger partial charge in [0.15, 0.2) is 0 Å². The molecule has 2 aromatic carbocycles. The van der Waals surface area contributed by atoms with Crippen LogP contribution in [0, 0.1) is 5.82 Å². The van der Waals surface area contributed by atoms with Gasteiger partial charge in [0.05, 0.1) is 34.4 Å². The van der Waals surface area contributed by atoms with Crippen LogP contribution in [-0.4, -0.2) is 45.6 Å². The Morgan fingerprint density at radius 2 is 1.81 bits per heavy atom. The fraction of sp³-hybridized carbons (Fsp3) is 0.107. The number of H-pyrrole nitrogens is 2. The molecule has 184 valence electrons. The Hall–Kier alpha value is -4.37. The van der Waals surface area contributed by atoms with Crippen LogP contribution >= 0.6 is 0 Å². The van der Waals surface area contributed by atoms with Gasteiger partial charge in [-0.15, -0.1) is 0 Å². The van der Waals surface area contributed by atoms with Crippen molar-refractivity contribution in [1.29, 1.82) is 0 Å². The molecule has 6 aromatic rings. The zero-order valence-electron chi connectivity index (χ0n) is 19.9. The number of hydrogen-bond acceptors (Lipinski definition) is 5. The first-order valence-corrected chi connectivity index (χ1v) is 13.7. The highest BCUT2D eigenvalue weighted by atomic mass is 32.2. The summed E-state index contributed by atoms with van der Waals surface area (Å²) in [6.45, 7) is 0. The fourth-order valence-corrected chi connectivity index (χ4v) is 5.18. The molecule has 0 aliphatic rings. The predicted octanol–water partition coefficient (Wildman–Crippen LogP) is 5.56. The number of benzene rings is 2. The second-order valence-corrected chi connectivity index (χ2v) is 11.4. The van der Waals surface area contributed by atoms with E-state index in [0.29, 0.717) is 11.1 Å². The van der Waals surface area contributed by atoms with Crippen molar-refractivity contribution >= 4 is 31.6 Å². The molecule has 0 unspecified atom stereocenters. The zero-order valence-corrected chi connectivity index (χ0v) is 20.7. The van der Waals surface area contributed by atoms with E-state index in [1.165, 1.54) is 18.4 Å².